The first kappa shape index (κ1) is 25.2. The Morgan fingerprint density at radius 2 is 1.86 bits per heavy atom. The van der Waals surface area contributed by atoms with E-state index in [1.54, 1.807) is 11.3 Å². The van der Waals surface area contributed by atoms with Gasteiger partial charge in [-0.2, -0.15) is 15.6 Å². The van der Waals surface area contributed by atoms with E-state index in [1.807, 2.05) is 12.3 Å². The van der Waals surface area contributed by atoms with Crippen molar-refractivity contribution in [3.63, 3.8) is 0 Å². The van der Waals surface area contributed by atoms with Crippen LogP contribution in [0.4, 0.5) is 5.69 Å². The summed E-state index contributed by atoms with van der Waals surface area (Å²) in [4.78, 5) is 21.8. The average Bonchev–Trinajstić information content (AvgIpc) is 3.44. The van der Waals surface area contributed by atoms with Crippen LogP contribution in [0.25, 0.3) is 11.1 Å². The molecule has 3 aromatic rings. The van der Waals surface area contributed by atoms with Gasteiger partial charge in [0.1, 0.15) is 11.9 Å². The molecule has 0 aliphatic carbocycles. The highest BCUT2D eigenvalue weighted by atomic mass is 32.2. The average molecular weight is 516 g/mol. The van der Waals surface area contributed by atoms with Gasteiger partial charge in [-0.1, -0.05) is 25.5 Å². The smallest absolute Gasteiger partial charge is 0.234 e. The van der Waals surface area contributed by atoms with Crippen LogP contribution in [0.15, 0.2) is 59.7 Å². The molecule has 1 unspecified atom stereocenters. The molecule has 4 rings (SSSR count). The predicted molar refractivity (Wildman–Crippen MR) is 136 cm³/mol. The number of rotatable bonds is 10. The van der Waals surface area contributed by atoms with Crippen LogP contribution in [-0.4, -0.2) is 71.3 Å². The van der Waals surface area contributed by atoms with Crippen molar-refractivity contribution in [3.8, 4) is 11.1 Å². The first-order valence-corrected chi connectivity index (χ1v) is 14.0. The first-order valence-electron chi connectivity index (χ1n) is 11.4. The van der Waals surface area contributed by atoms with Crippen LogP contribution in [0.1, 0.15) is 25.5 Å². The van der Waals surface area contributed by atoms with Crippen LogP contribution >= 0.6 is 11.3 Å². The van der Waals surface area contributed by atoms with Crippen molar-refractivity contribution in [1.82, 2.24) is 19.3 Å². The van der Waals surface area contributed by atoms with E-state index in [4.69, 9.17) is 0 Å². The molecule has 11 heteroatoms. The summed E-state index contributed by atoms with van der Waals surface area (Å²) in [5.74, 6) is -0.463. The Morgan fingerprint density at radius 1 is 1.11 bits per heavy atom. The monoisotopic (exact) mass is 515 g/mol. The molecule has 1 aliphatic rings. The van der Waals surface area contributed by atoms with E-state index in [-0.39, 0.29) is 18.5 Å². The van der Waals surface area contributed by atoms with Gasteiger partial charge in [0.25, 0.3) is 0 Å². The van der Waals surface area contributed by atoms with Crippen LogP contribution in [0, 0.1) is 0 Å². The molecule has 0 radical (unpaired) electrons. The van der Waals surface area contributed by atoms with Crippen molar-refractivity contribution in [2.45, 2.75) is 25.3 Å². The van der Waals surface area contributed by atoms with Crippen molar-refractivity contribution < 1.29 is 18.4 Å². The number of piperazine rings is 1. The standard InChI is InChI=1S/C24H29N5O4S2/c1-2-9-24(29(31)19-30,23-7-10-25-18-26-23)17-35(32,33)28-13-11-27(12-14-28)22-5-3-20(4-6-22)21-8-15-34-16-21/h3-8,10,15-16,18-19,31H,2,9,11-14,17H2,1H3. The second-order valence-corrected chi connectivity index (χ2v) is 11.3. The highest BCUT2D eigenvalue weighted by Gasteiger charge is 2.45. The molecule has 1 saturated heterocycles. The normalized spacial score (nSPS) is 16.6. The number of hydrogen-bond acceptors (Lipinski definition) is 8. The molecule has 35 heavy (non-hydrogen) atoms. The molecule has 3 heterocycles. The highest BCUT2D eigenvalue weighted by Crippen LogP contribution is 2.33. The summed E-state index contributed by atoms with van der Waals surface area (Å²) >= 11 is 1.66. The lowest BCUT2D eigenvalue weighted by atomic mass is 9.91. The van der Waals surface area contributed by atoms with Crippen LogP contribution in [0.5, 0.6) is 0 Å². The second kappa shape index (κ2) is 10.8. The fraction of sp³-hybridized carbons (Fsp3) is 0.375. The van der Waals surface area contributed by atoms with Gasteiger partial charge in [-0.15, -0.1) is 0 Å². The van der Waals surface area contributed by atoms with E-state index < -0.39 is 21.3 Å². The van der Waals surface area contributed by atoms with Gasteiger partial charge >= 0.3 is 0 Å². The minimum atomic E-state index is -3.82. The molecule has 0 spiro atoms. The van der Waals surface area contributed by atoms with Crippen molar-refractivity contribution in [2.24, 2.45) is 0 Å². The Kier molecular flexibility index (Phi) is 7.80. The van der Waals surface area contributed by atoms with Crippen LogP contribution in [0.2, 0.25) is 0 Å². The van der Waals surface area contributed by atoms with E-state index in [0.29, 0.717) is 37.7 Å². The Bertz CT molecular complexity index is 1200. The number of nitrogens with zero attached hydrogens (tertiary/aromatic N) is 5. The summed E-state index contributed by atoms with van der Waals surface area (Å²) < 4.78 is 28.4. The number of carbonyl (C=O) groups is 1. The molecule has 1 fully saturated rings. The van der Waals surface area contributed by atoms with E-state index in [2.05, 4.69) is 50.6 Å². The molecular weight excluding hydrogens is 486 g/mol. The Balaban J connectivity index is 1.48. The minimum Gasteiger partial charge on any atom is -0.369 e. The quantitative estimate of drug-likeness (QED) is 0.251. The van der Waals surface area contributed by atoms with Crippen molar-refractivity contribution >= 4 is 33.5 Å². The number of amides is 1. The number of thiophene rings is 1. The number of aromatic nitrogens is 2. The van der Waals surface area contributed by atoms with E-state index in [1.165, 1.54) is 28.5 Å². The highest BCUT2D eigenvalue weighted by molar-refractivity contribution is 7.89. The zero-order chi connectivity index (χ0) is 24.9. The topological polar surface area (TPSA) is 107 Å². The molecule has 186 valence electrons. The zero-order valence-electron chi connectivity index (χ0n) is 19.5. The first-order chi connectivity index (χ1) is 16.9. The van der Waals surface area contributed by atoms with Gasteiger partial charge in [0.2, 0.25) is 16.4 Å². The number of carbonyl (C=O) groups excluding carboxylic acids is 1. The van der Waals surface area contributed by atoms with Crippen molar-refractivity contribution in [1.29, 1.82) is 0 Å². The Morgan fingerprint density at radius 3 is 2.43 bits per heavy atom. The third kappa shape index (κ3) is 5.37. The number of benzene rings is 1. The second-order valence-electron chi connectivity index (χ2n) is 8.53. The summed E-state index contributed by atoms with van der Waals surface area (Å²) in [5.41, 5.74) is 2.18. The fourth-order valence-corrected chi connectivity index (χ4v) is 7.16. The van der Waals surface area contributed by atoms with Gasteiger partial charge in [0.15, 0.2) is 0 Å². The molecule has 0 saturated carbocycles. The summed E-state index contributed by atoms with van der Waals surface area (Å²) in [6.07, 6.45) is 3.77. The van der Waals surface area contributed by atoms with Gasteiger partial charge in [0.05, 0.1) is 11.4 Å². The third-order valence-corrected chi connectivity index (χ3v) is 9.08. The molecule has 1 aliphatic heterocycles. The number of hydrogen-bond donors (Lipinski definition) is 1. The predicted octanol–water partition coefficient (Wildman–Crippen LogP) is 3.20. The Hall–Kier alpha value is -2.86. The maximum Gasteiger partial charge on any atom is 0.234 e. The summed E-state index contributed by atoms with van der Waals surface area (Å²) in [6, 6.07) is 11.9. The summed E-state index contributed by atoms with van der Waals surface area (Å²) in [5, 5.41) is 15.1. The fourth-order valence-electron chi connectivity index (χ4n) is 4.56. The van der Waals surface area contributed by atoms with Crippen LogP contribution < -0.4 is 4.90 Å². The van der Waals surface area contributed by atoms with Crippen LogP contribution in [-0.2, 0) is 20.4 Å². The zero-order valence-corrected chi connectivity index (χ0v) is 21.2. The number of anilines is 1. The molecule has 1 N–H and O–H groups in total. The maximum atomic E-state index is 13.5. The number of hydroxylamine groups is 2. The largest absolute Gasteiger partial charge is 0.369 e. The summed E-state index contributed by atoms with van der Waals surface area (Å²) in [7, 11) is -3.82. The molecular formula is C24H29N5O4S2. The molecule has 1 atom stereocenters. The third-order valence-electron chi connectivity index (χ3n) is 6.40. The van der Waals surface area contributed by atoms with Crippen LogP contribution in [0.3, 0.4) is 0 Å². The van der Waals surface area contributed by atoms with Gasteiger partial charge < -0.3 is 4.90 Å². The van der Waals surface area contributed by atoms with Gasteiger partial charge in [-0.05, 0) is 52.6 Å². The molecule has 0 bridgehead atoms. The van der Waals surface area contributed by atoms with Crippen molar-refractivity contribution in [3.05, 3.63) is 65.4 Å². The Labute approximate surface area is 209 Å². The lowest BCUT2D eigenvalue weighted by Crippen LogP contribution is -2.55. The molecule has 9 nitrogen and oxygen atoms in total. The maximum absolute atomic E-state index is 13.5. The molecule has 1 aromatic carbocycles. The van der Waals surface area contributed by atoms with Crippen molar-refractivity contribution in [2.75, 3.05) is 36.8 Å². The number of sulfonamides is 1. The lowest BCUT2D eigenvalue weighted by molar-refractivity contribution is -0.180. The lowest BCUT2D eigenvalue weighted by Gasteiger charge is -2.40. The SMILES string of the molecule is CCCC(CS(=O)(=O)N1CCN(c2ccc(-c3ccsc3)cc2)CC1)(c1ccncn1)N(O)C=O. The molecule has 2 aromatic heterocycles. The minimum absolute atomic E-state index is 0.231. The summed E-state index contributed by atoms with van der Waals surface area (Å²) in [6.45, 7) is 3.58. The van der Waals surface area contributed by atoms with E-state index in [0.717, 1.165) is 11.3 Å². The van der Waals surface area contributed by atoms with Gasteiger partial charge in [0, 0.05) is 38.1 Å². The molecule has 1 amide bonds. The van der Waals surface area contributed by atoms with Gasteiger partial charge in [-0.25, -0.2) is 23.4 Å². The van der Waals surface area contributed by atoms with E-state index in [9.17, 15) is 18.4 Å². The van der Waals surface area contributed by atoms with E-state index >= 15 is 0 Å². The van der Waals surface area contributed by atoms with Gasteiger partial charge in [-0.3, -0.25) is 10.0 Å².